The van der Waals surface area contributed by atoms with Gasteiger partial charge in [-0.3, -0.25) is 19.4 Å². The first kappa shape index (κ1) is 24.7. The molecular weight excluding hydrogens is 480 g/mol. The van der Waals surface area contributed by atoms with Gasteiger partial charge in [-0.1, -0.05) is 61.4 Å². The Balaban J connectivity index is 1.02. The van der Waals surface area contributed by atoms with Gasteiger partial charge in [-0.05, 0) is 50.4 Å². The highest BCUT2D eigenvalue weighted by atomic mass is 32.2. The number of rotatable bonds is 5. The number of para-hydroxylation sites is 1. The molecule has 194 valence electrons. The van der Waals surface area contributed by atoms with Crippen molar-refractivity contribution in [1.82, 2.24) is 14.7 Å². The fraction of sp³-hybridized carbons (Fsp3) is 0.500. The van der Waals surface area contributed by atoms with Crippen molar-refractivity contribution in [3.05, 3.63) is 54.1 Å². The van der Waals surface area contributed by atoms with Gasteiger partial charge in [0.15, 0.2) is 0 Å². The molecule has 0 atom stereocenters. The van der Waals surface area contributed by atoms with E-state index in [9.17, 15) is 9.59 Å². The maximum atomic E-state index is 13.0. The summed E-state index contributed by atoms with van der Waals surface area (Å²) in [4.78, 5) is 39.8. The first-order valence-corrected chi connectivity index (χ1v) is 14.7. The second kappa shape index (κ2) is 10.6. The van der Waals surface area contributed by atoms with Gasteiger partial charge in [0.05, 0.1) is 11.1 Å². The van der Waals surface area contributed by atoms with Crippen molar-refractivity contribution < 1.29 is 9.59 Å². The summed E-state index contributed by atoms with van der Waals surface area (Å²) in [5.74, 6) is 1.26. The number of fused-ring (bicyclic) bond motifs is 2. The molecule has 0 N–H and O–H groups in total. The van der Waals surface area contributed by atoms with E-state index >= 15 is 0 Å². The minimum atomic E-state index is -0.357. The van der Waals surface area contributed by atoms with Gasteiger partial charge in [0.1, 0.15) is 5.84 Å². The van der Waals surface area contributed by atoms with E-state index in [0.29, 0.717) is 13.0 Å². The number of amidine groups is 1. The first-order chi connectivity index (χ1) is 18.1. The number of unbranched alkanes of at least 4 members (excludes halogenated alkanes) is 1. The number of aliphatic imine (C=N–C) groups is 1. The van der Waals surface area contributed by atoms with Crippen molar-refractivity contribution in [3.8, 4) is 0 Å². The van der Waals surface area contributed by atoms with Crippen molar-refractivity contribution in [2.45, 2.75) is 61.2 Å². The molecule has 2 saturated heterocycles. The Kier molecular flexibility index (Phi) is 7.08. The Morgan fingerprint density at radius 2 is 1.51 bits per heavy atom. The summed E-state index contributed by atoms with van der Waals surface area (Å²) in [6.07, 6.45) is 7.52. The second-order valence-corrected chi connectivity index (χ2v) is 12.0. The molecule has 3 fully saturated rings. The van der Waals surface area contributed by atoms with Crippen molar-refractivity contribution in [3.63, 3.8) is 0 Å². The zero-order chi connectivity index (χ0) is 25.2. The lowest BCUT2D eigenvalue weighted by Crippen LogP contribution is -2.49. The SMILES string of the molecule is O=C1CC2(CCCCC2)C(=O)N1CCCCN1CCN(C2=Nc3ccccc3Sc3ccccc32)CC1. The minimum Gasteiger partial charge on any atom is -0.354 e. The Bertz CT molecular complexity index is 1200. The normalized spacial score (nSPS) is 21.6. The maximum absolute atomic E-state index is 13.0. The summed E-state index contributed by atoms with van der Waals surface area (Å²) in [6.45, 7) is 5.50. The molecule has 7 heteroatoms. The molecular formula is C30H36N4O2S. The number of nitrogens with zero attached hydrogens (tertiary/aromatic N) is 4. The van der Waals surface area contributed by atoms with Crippen molar-refractivity contribution >= 4 is 35.1 Å². The predicted octanol–water partition coefficient (Wildman–Crippen LogP) is 5.34. The van der Waals surface area contributed by atoms with Crippen LogP contribution in [0.1, 0.15) is 56.9 Å². The number of benzene rings is 2. The molecule has 3 aliphatic heterocycles. The van der Waals surface area contributed by atoms with Crippen LogP contribution in [0.4, 0.5) is 5.69 Å². The van der Waals surface area contributed by atoms with E-state index in [1.165, 1.54) is 21.8 Å². The largest absolute Gasteiger partial charge is 0.354 e. The molecule has 1 saturated carbocycles. The van der Waals surface area contributed by atoms with Crippen LogP contribution in [-0.2, 0) is 9.59 Å². The number of hydrogen-bond acceptors (Lipinski definition) is 6. The topological polar surface area (TPSA) is 56.2 Å². The van der Waals surface area contributed by atoms with Crippen molar-refractivity contribution in [1.29, 1.82) is 0 Å². The molecule has 2 aromatic carbocycles. The van der Waals surface area contributed by atoms with Gasteiger partial charge >= 0.3 is 0 Å². The van der Waals surface area contributed by atoms with Crippen LogP contribution in [0.15, 0.2) is 63.3 Å². The Morgan fingerprint density at radius 3 is 2.32 bits per heavy atom. The molecule has 0 aromatic heterocycles. The van der Waals surface area contributed by atoms with Gasteiger partial charge < -0.3 is 4.90 Å². The zero-order valence-corrected chi connectivity index (χ0v) is 22.3. The van der Waals surface area contributed by atoms with Crippen LogP contribution < -0.4 is 0 Å². The number of carbonyl (C=O) groups is 2. The van der Waals surface area contributed by atoms with Crippen LogP contribution in [0, 0.1) is 5.41 Å². The Labute approximate surface area is 224 Å². The van der Waals surface area contributed by atoms with Crippen LogP contribution in [-0.4, -0.2) is 71.6 Å². The van der Waals surface area contributed by atoms with Crippen LogP contribution in [0.5, 0.6) is 0 Å². The fourth-order valence-corrected chi connectivity index (χ4v) is 7.42. The van der Waals surface area contributed by atoms with Gasteiger partial charge in [-0.2, -0.15) is 0 Å². The second-order valence-electron chi connectivity index (χ2n) is 10.9. The fourth-order valence-electron chi connectivity index (χ4n) is 6.40. The summed E-state index contributed by atoms with van der Waals surface area (Å²) in [6, 6.07) is 17.0. The standard InChI is InChI=1S/C30H36N4O2S/c35-27-22-30(14-6-1-7-15-30)29(36)34(27)17-9-8-16-32-18-20-33(21-19-32)28-23-10-2-4-12-25(23)37-26-13-5-3-11-24(26)31-28/h2-5,10-13H,1,6-9,14-22H2. The molecule has 2 aromatic rings. The van der Waals surface area contributed by atoms with Crippen LogP contribution >= 0.6 is 11.8 Å². The summed E-state index contributed by atoms with van der Waals surface area (Å²) in [5, 5.41) is 0. The molecule has 1 aliphatic carbocycles. The van der Waals surface area contributed by atoms with E-state index in [4.69, 9.17) is 4.99 Å². The van der Waals surface area contributed by atoms with E-state index in [2.05, 4.69) is 58.3 Å². The molecule has 37 heavy (non-hydrogen) atoms. The van der Waals surface area contributed by atoms with Gasteiger partial charge in [-0.25, -0.2) is 4.99 Å². The Morgan fingerprint density at radius 1 is 0.811 bits per heavy atom. The molecule has 6 rings (SSSR count). The monoisotopic (exact) mass is 516 g/mol. The third-order valence-electron chi connectivity index (χ3n) is 8.52. The third kappa shape index (κ3) is 4.96. The molecule has 0 radical (unpaired) electrons. The number of hydrogen-bond donors (Lipinski definition) is 0. The first-order valence-electron chi connectivity index (χ1n) is 13.9. The summed E-state index contributed by atoms with van der Waals surface area (Å²) < 4.78 is 0. The molecule has 1 spiro atoms. The van der Waals surface area contributed by atoms with Crippen LogP contribution in [0.2, 0.25) is 0 Å². The highest BCUT2D eigenvalue weighted by Crippen LogP contribution is 2.45. The quantitative estimate of drug-likeness (QED) is 0.397. The number of likely N-dealkylation sites (tertiary alicyclic amines) is 1. The van der Waals surface area contributed by atoms with Gasteiger partial charge in [0.25, 0.3) is 0 Å². The van der Waals surface area contributed by atoms with Crippen molar-refractivity contribution in [2.24, 2.45) is 10.4 Å². The molecule has 3 heterocycles. The number of piperazine rings is 1. The van der Waals surface area contributed by atoms with E-state index in [1.807, 2.05) is 0 Å². The summed E-state index contributed by atoms with van der Waals surface area (Å²) >= 11 is 1.80. The lowest BCUT2D eigenvalue weighted by molar-refractivity contribution is -0.142. The Hall–Kier alpha value is -2.64. The van der Waals surface area contributed by atoms with E-state index in [0.717, 1.165) is 82.8 Å². The number of amides is 2. The summed E-state index contributed by atoms with van der Waals surface area (Å²) in [7, 11) is 0. The number of carbonyl (C=O) groups excluding carboxylic acids is 2. The van der Waals surface area contributed by atoms with Crippen LogP contribution in [0.25, 0.3) is 0 Å². The van der Waals surface area contributed by atoms with Gasteiger partial charge in [-0.15, -0.1) is 0 Å². The van der Waals surface area contributed by atoms with Gasteiger partial charge in [0.2, 0.25) is 11.8 Å². The van der Waals surface area contributed by atoms with E-state index in [1.54, 1.807) is 16.7 Å². The van der Waals surface area contributed by atoms with Crippen molar-refractivity contribution in [2.75, 3.05) is 39.3 Å². The minimum absolute atomic E-state index is 0.0599. The number of imide groups is 1. The highest BCUT2D eigenvalue weighted by Gasteiger charge is 2.51. The molecule has 2 amide bonds. The molecule has 4 aliphatic rings. The zero-order valence-electron chi connectivity index (χ0n) is 21.5. The average Bonchev–Trinajstić information content (AvgIpc) is 3.05. The lowest BCUT2D eigenvalue weighted by atomic mass is 9.73. The third-order valence-corrected chi connectivity index (χ3v) is 9.66. The van der Waals surface area contributed by atoms with E-state index < -0.39 is 0 Å². The summed E-state index contributed by atoms with van der Waals surface area (Å²) in [5.41, 5.74) is 1.90. The van der Waals surface area contributed by atoms with E-state index in [-0.39, 0.29) is 17.2 Å². The smallest absolute Gasteiger partial charge is 0.235 e. The van der Waals surface area contributed by atoms with Crippen LogP contribution in [0.3, 0.4) is 0 Å². The highest BCUT2D eigenvalue weighted by molar-refractivity contribution is 7.99. The predicted molar refractivity (Wildman–Crippen MR) is 147 cm³/mol. The average molecular weight is 517 g/mol. The lowest BCUT2D eigenvalue weighted by Gasteiger charge is -2.36. The van der Waals surface area contributed by atoms with Gasteiger partial charge in [0, 0.05) is 54.5 Å². The maximum Gasteiger partial charge on any atom is 0.235 e. The molecule has 6 nitrogen and oxygen atoms in total. The molecule has 0 unspecified atom stereocenters. The molecule has 0 bridgehead atoms.